The Morgan fingerprint density at radius 1 is 1.26 bits per heavy atom. The molecule has 0 bridgehead atoms. The summed E-state index contributed by atoms with van der Waals surface area (Å²) in [4.78, 5) is 18.9. The van der Waals surface area contributed by atoms with Gasteiger partial charge in [-0.2, -0.15) is 0 Å². The van der Waals surface area contributed by atoms with Crippen molar-refractivity contribution in [3.8, 4) is 5.75 Å². The van der Waals surface area contributed by atoms with Gasteiger partial charge in [0.05, 0.1) is 11.8 Å². The Kier molecular flexibility index (Phi) is 5.27. The molecule has 7 heteroatoms. The number of amides is 1. The Hall–Kier alpha value is -2.57. The minimum absolute atomic E-state index is 0.146. The van der Waals surface area contributed by atoms with Crippen LogP contribution in [0, 0.1) is 6.92 Å². The Balaban J connectivity index is 1.26. The summed E-state index contributed by atoms with van der Waals surface area (Å²) < 4.78 is 11.3. The van der Waals surface area contributed by atoms with Crippen molar-refractivity contribution in [1.82, 2.24) is 15.5 Å². The highest BCUT2D eigenvalue weighted by molar-refractivity contribution is 5.92. The van der Waals surface area contributed by atoms with Crippen LogP contribution in [0.25, 0.3) is 0 Å². The van der Waals surface area contributed by atoms with Crippen LogP contribution in [-0.2, 0) is 0 Å². The van der Waals surface area contributed by atoms with Crippen LogP contribution in [0.4, 0.5) is 5.82 Å². The first-order valence-corrected chi connectivity index (χ1v) is 9.80. The van der Waals surface area contributed by atoms with Gasteiger partial charge in [-0.1, -0.05) is 5.16 Å². The predicted molar refractivity (Wildman–Crippen MR) is 101 cm³/mol. The molecule has 1 N–H and O–H groups in total. The van der Waals surface area contributed by atoms with Crippen LogP contribution in [0.2, 0.25) is 0 Å². The maximum absolute atomic E-state index is 12.5. The van der Waals surface area contributed by atoms with E-state index in [-0.39, 0.29) is 18.1 Å². The molecule has 1 aliphatic heterocycles. The van der Waals surface area contributed by atoms with E-state index >= 15 is 0 Å². The summed E-state index contributed by atoms with van der Waals surface area (Å²) in [5.41, 5.74) is 0.909. The highest BCUT2D eigenvalue weighted by atomic mass is 16.5. The van der Waals surface area contributed by atoms with Gasteiger partial charge in [0.1, 0.15) is 5.75 Å². The quantitative estimate of drug-likeness (QED) is 0.871. The lowest BCUT2D eigenvalue weighted by Gasteiger charge is -2.29. The van der Waals surface area contributed by atoms with Crippen molar-refractivity contribution < 1.29 is 14.1 Å². The summed E-state index contributed by atoms with van der Waals surface area (Å²) in [7, 11) is 0. The third-order valence-corrected chi connectivity index (χ3v) is 5.41. The molecular formula is C20H26N4O3. The molecule has 1 saturated heterocycles. The molecule has 2 aromatic rings. The summed E-state index contributed by atoms with van der Waals surface area (Å²) >= 11 is 0. The van der Waals surface area contributed by atoms with Gasteiger partial charge >= 0.3 is 0 Å². The van der Waals surface area contributed by atoms with E-state index in [1.165, 1.54) is 0 Å². The van der Waals surface area contributed by atoms with Crippen LogP contribution in [0.1, 0.15) is 54.8 Å². The zero-order valence-electron chi connectivity index (χ0n) is 15.7. The molecule has 2 fully saturated rings. The van der Waals surface area contributed by atoms with Crippen molar-refractivity contribution in [2.24, 2.45) is 0 Å². The number of aryl methyl sites for hydroxylation is 1. The van der Waals surface area contributed by atoms with Crippen LogP contribution in [0.5, 0.6) is 5.75 Å². The fourth-order valence-corrected chi connectivity index (χ4v) is 3.82. The van der Waals surface area contributed by atoms with Crippen molar-refractivity contribution in [3.63, 3.8) is 0 Å². The molecule has 144 valence electrons. The standard InChI is InChI=1S/C20H26N4O3/c1-14-17(5-4-10-21-14)26-16-8-6-15(7-9-16)22-20(25)18-13-19(23-27-18)24-11-2-3-12-24/h4-5,10,13,15-16H,2-3,6-9,11-12H2,1H3,(H,22,25). The van der Waals surface area contributed by atoms with Crippen LogP contribution >= 0.6 is 0 Å². The van der Waals surface area contributed by atoms with E-state index in [1.54, 1.807) is 12.3 Å². The number of hydrogen-bond donors (Lipinski definition) is 1. The first kappa shape index (κ1) is 17.8. The van der Waals surface area contributed by atoms with E-state index in [0.29, 0.717) is 5.76 Å². The largest absolute Gasteiger partial charge is 0.489 e. The lowest BCUT2D eigenvalue weighted by atomic mass is 9.93. The number of carbonyl (C=O) groups excluding carboxylic acids is 1. The average Bonchev–Trinajstić information content (AvgIpc) is 3.36. The van der Waals surface area contributed by atoms with Gasteiger partial charge in [0.15, 0.2) is 5.82 Å². The van der Waals surface area contributed by atoms with Gasteiger partial charge < -0.3 is 19.5 Å². The summed E-state index contributed by atoms with van der Waals surface area (Å²) in [5.74, 6) is 1.73. The number of ether oxygens (including phenoxy) is 1. The zero-order chi connectivity index (χ0) is 18.6. The van der Waals surface area contributed by atoms with E-state index in [1.807, 2.05) is 19.1 Å². The first-order chi connectivity index (χ1) is 13.2. The van der Waals surface area contributed by atoms with Gasteiger partial charge in [-0.15, -0.1) is 0 Å². The molecule has 7 nitrogen and oxygen atoms in total. The molecule has 2 aliphatic rings. The van der Waals surface area contributed by atoms with Crippen molar-refractivity contribution in [2.45, 2.75) is 57.6 Å². The average molecular weight is 370 g/mol. The molecule has 0 radical (unpaired) electrons. The Labute approximate surface area is 159 Å². The van der Waals surface area contributed by atoms with Crippen molar-refractivity contribution in [3.05, 3.63) is 35.9 Å². The fraction of sp³-hybridized carbons (Fsp3) is 0.550. The van der Waals surface area contributed by atoms with E-state index in [4.69, 9.17) is 9.26 Å². The first-order valence-electron chi connectivity index (χ1n) is 9.80. The van der Waals surface area contributed by atoms with E-state index in [9.17, 15) is 4.79 Å². The Morgan fingerprint density at radius 2 is 2.04 bits per heavy atom. The molecule has 4 rings (SSSR count). The zero-order valence-corrected chi connectivity index (χ0v) is 15.7. The third-order valence-electron chi connectivity index (χ3n) is 5.41. The fourth-order valence-electron chi connectivity index (χ4n) is 3.82. The number of nitrogens with one attached hydrogen (secondary N) is 1. The van der Waals surface area contributed by atoms with Gasteiger partial charge in [0, 0.05) is 31.4 Å². The summed E-state index contributed by atoms with van der Waals surface area (Å²) in [5, 5.41) is 7.12. The minimum atomic E-state index is -0.180. The maximum atomic E-state index is 12.5. The third kappa shape index (κ3) is 4.23. The summed E-state index contributed by atoms with van der Waals surface area (Å²) in [6.07, 6.45) is 7.88. The molecule has 1 amide bonds. The maximum Gasteiger partial charge on any atom is 0.290 e. The lowest BCUT2D eigenvalue weighted by Crippen LogP contribution is -2.39. The number of nitrogens with zero attached hydrogens (tertiary/aromatic N) is 3. The van der Waals surface area contributed by atoms with Gasteiger partial charge in [-0.3, -0.25) is 9.78 Å². The van der Waals surface area contributed by atoms with E-state index in [2.05, 4.69) is 20.4 Å². The van der Waals surface area contributed by atoms with Crippen LogP contribution in [-0.4, -0.2) is 41.3 Å². The second kappa shape index (κ2) is 7.98. The molecule has 27 heavy (non-hydrogen) atoms. The minimum Gasteiger partial charge on any atom is -0.489 e. The number of anilines is 1. The number of carbonyl (C=O) groups is 1. The predicted octanol–water partition coefficient (Wildman–Crippen LogP) is 3.10. The van der Waals surface area contributed by atoms with Gasteiger partial charge in [0.2, 0.25) is 5.76 Å². The molecule has 1 saturated carbocycles. The van der Waals surface area contributed by atoms with Crippen LogP contribution < -0.4 is 15.0 Å². The van der Waals surface area contributed by atoms with Crippen molar-refractivity contribution >= 4 is 11.7 Å². The Morgan fingerprint density at radius 3 is 2.78 bits per heavy atom. The Bertz CT molecular complexity index is 777. The SMILES string of the molecule is Cc1ncccc1OC1CCC(NC(=O)c2cc(N3CCCC3)no2)CC1. The van der Waals surface area contributed by atoms with Crippen molar-refractivity contribution in [1.29, 1.82) is 0 Å². The molecule has 1 aliphatic carbocycles. The van der Waals surface area contributed by atoms with Crippen LogP contribution in [0.3, 0.4) is 0 Å². The van der Waals surface area contributed by atoms with Crippen LogP contribution in [0.15, 0.2) is 28.9 Å². The van der Waals surface area contributed by atoms with Gasteiger partial charge in [0.25, 0.3) is 5.91 Å². The number of hydrogen-bond acceptors (Lipinski definition) is 6. The van der Waals surface area contributed by atoms with Gasteiger partial charge in [-0.25, -0.2) is 0 Å². The molecule has 3 heterocycles. The highest BCUT2D eigenvalue weighted by Crippen LogP contribution is 2.26. The molecule has 0 aromatic carbocycles. The number of aromatic nitrogens is 2. The number of pyridine rings is 1. The monoisotopic (exact) mass is 370 g/mol. The summed E-state index contributed by atoms with van der Waals surface area (Å²) in [6.45, 7) is 3.91. The van der Waals surface area contributed by atoms with E-state index in [0.717, 1.165) is 68.9 Å². The normalized spacial score (nSPS) is 22.6. The smallest absolute Gasteiger partial charge is 0.290 e. The molecule has 0 spiro atoms. The number of rotatable bonds is 5. The molecule has 0 unspecified atom stereocenters. The second-order valence-corrected chi connectivity index (χ2v) is 7.40. The topological polar surface area (TPSA) is 80.5 Å². The van der Waals surface area contributed by atoms with Crippen molar-refractivity contribution in [2.75, 3.05) is 18.0 Å². The second-order valence-electron chi connectivity index (χ2n) is 7.40. The van der Waals surface area contributed by atoms with Gasteiger partial charge in [-0.05, 0) is 57.6 Å². The summed E-state index contributed by atoms with van der Waals surface area (Å²) in [6, 6.07) is 5.74. The molecule has 2 aromatic heterocycles. The lowest BCUT2D eigenvalue weighted by molar-refractivity contribution is 0.0857. The van der Waals surface area contributed by atoms with E-state index < -0.39 is 0 Å². The molecule has 0 atom stereocenters. The molecular weight excluding hydrogens is 344 g/mol. The highest BCUT2D eigenvalue weighted by Gasteiger charge is 2.26.